The average Bonchev–Trinajstić information content (AvgIpc) is 2.60. The van der Waals surface area contributed by atoms with Gasteiger partial charge in [-0.25, -0.2) is 0 Å². The molecule has 0 aromatic carbocycles. The van der Waals surface area contributed by atoms with Crippen LogP contribution in [0.1, 0.15) is 23.8 Å². The van der Waals surface area contributed by atoms with Crippen molar-refractivity contribution in [3.05, 3.63) is 20.8 Å². The third-order valence-electron chi connectivity index (χ3n) is 1.98. The van der Waals surface area contributed by atoms with Crippen molar-refractivity contribution in [3.8, 4) is 0 Å². The maximum Gasteiger partial charge on any atom is 0.0702 e. The summed E-state index contributed by atoms with van der Waals surface area (Å²) in [5, 5.41) is 0. The van der Waals surface area contributed by atoms with Gasteiger partial charge in [0, 0.05) is 18.6 Å². The lowest BCUT2D eigenvalue weighted by atomic mass is 10.1. The first-order valence-electron chi connectivity index (χ1n) is 4.48. The Kier molecular flexibility index (Phi) is 5.66. The SMILES string of the molecule is COCCCC(NN)c1ccc(Br)s1. The van der Waals surface area contributed by atoms with Crippen molar-refractivity contribution in [1.29, 1.82) is 0 Å². The first kappa shape index (κ1) is 12.1. The number of hydrogen-bond donors (Lipinski definition) is 2. The highest BCUT2D eigenvalue weighted by Crippen LogP contribution is 2.29. The molecule has 0 bridgehead atoms. The Hall–Kier alpha value is 0.0600. The van der Waals surface area contributed by atoms with Gasteiger partial charge in [0.15, 0.2) is 0 Å². The molecule has 0 saturated heterocycles. The zero-order valence-electron chi connectivity index (χ0n) is 8.13. The quantitative estimate of drug-likeness (QED) is 0.477. The number of halogens is 1. The van der Waals surface area contributed by atoms with E-state index in [-0.39, 0.29) is 6.04 Å². The van der Waals surface area contributed by atoms with Gasteiger partial charge in [-0.2, -0.15) is 0 Å². The highest BCUT2D eigenvalue weighted by Gasteiger charge is 2.11. The number of hydrogen-bond acceptors (Lipinski definition) is 4. The molecular weight excluding hydrogens is 264 g/mol. The molecule has 1 heterocycles. The predicted octanol–water partition coefficient (Wildman–Crippen LogP) is 2.44. The molecule has 1 aromatic rings. The van der Waals surface area contributed by atoms with Crippen molar-refractivity contribution >= 4 is 27.3 Å². The van der Waals surface area contributed by atoms with Crippen molar-refractivity contribution in [2.24, 2.45) is 5.84 Å². The van der Waals surface area contributed by atoms with Crippen LogP contribution in [0.5, 0.6) is 0 Å². The Morgan fingerprint density at radius 1 is 1.64 bits per heavy atom. The molecule has 3 nitrogen and oxygen atoms in total. The van der Waals surface area contributed by atoms with E-state index >= 15 is 0 Å². The molecule has 1 rings (SSSR count). The minimum Gasteiger partial charge on any atom is -0.385 e. The van der Waals surface area contributed by atoms with Crippen molar-refractivity contribution in [1.82, 2.24) is 5.43 Å². The smallest absolute Gasteiger partial charge is 0.0702 e. The van der Waals surface area contributed by atoms with Crippen LogP contribution in [0.3, 0.4) is 0 Å². The molecule has 0 aliphatic heterocycles. The van der Waals surface area contributed by atoms with Gasteiger partial charge in [-0.1, -0.05) is 0 Å². The summed E-state index contributed by atoms with van der Waals surface area (Å²) < 4.78 is 6.14. The Labute approximate surface area is 96.7 Å². The van der Waals surface area contributed by atoms with Crippen LogP contribution in [-0.2, 0) is 4.74 Å². The number of nitrogens with one attached hydrogen (secondary N) is 1. The van der Waals surface area contributed by atoms with E-state index in [2.05, 4.69) is 27.4 Å². The minimum atomic E-state index is 0.237. The van der Waals surface area contributed by atoms with Crippen molar-refractivity contribution < 1.29 is 4.74 Å². The Balaban J connectivity index is 2.45. The number of ether oxygens (including phenoxy) is 1. The van der Waals surface area contributed by atoms with Gasteiger partial charge >= 0.3 is 0 Å². The molecule has 3 N–H and O–H groups in total. The second-order valence-corrected chi connectivity index (χ2v) is 5.49. The number of rotatable bonds is 6. The summed E-state index contributed by atoms with van der Waals surface area (Å²) >= 11 is 5.15. The second kappa shape index (κ2) is 6.53. The lowest BCUT2D eigenvalue weighted by Gasteiger charge is -2.13. The molecule has 0 fully saturated rings. The van der Waals surface area contributed by atoms with Gasteiger partial charge in [-0.15, -0.1) is 11.3 Å². The van der Waals surface area contributed by atoms with Gasteiger partial charge in [-0.05, 0) is 40.9 Å². The normalized spacial score (nSPS) is 13.1. The molecule has 0 aliphatic carbocycles. The van der Waals surface area contributed by atoms with Crippen molar-refractivity contribution in [2.45, 2.75) is 18.9 Å². The number of hydrazine groups is 1. The van der Waals surface area contributed by atoms with E-state index in [0.29, 0.717) is 0 Å². The molecule has 0 aliphatic rings. The van der Waals surface area contributed by atoms with E-state index in [1.165, 1.54) is 4.88 Å². The van der Waals surface area contributed by atoms with E-state index in [9.17, 15) is 0 Å². The Morgan fingerprint density at radius 2 is 2.43 bits per heavy atom. The van der Waals surface area contributed by atoms with Gasteiger partial charge in [0.05, 0.1) is 9.83 Å². The van der Waals surface area contributed by atoms with Crippen LogP contribution in [0.15, 0.2) is 15.9 Å². The second-order valence-electron chi connectivity index (χ2n) is 3.00. The van der Waals surface area contributed by atoms with Crippen molar-refractivity contribution in [3.63, 3.8) is 0 Å². The first-order chi connectivity index (χ1) is 6.77. The fourth-order valence-electron chi connectivity index (χ4n) is 1.26. The predicted molar refractivity (Wildman–Crippen MR) is 63.2 cm³/mol. The molecular formula is C9H15BrN2OS. The van der Waals surface area contributed by atoms with Gasteiger partial charge in [-0.3, -0.25) is 11.3 Å². The first-order valence-corrected chi connectivity index (χ1v) is 6.09. The lowest BCUT2D eigenvalue weighted by Crippen LogP contribution is -2.27. The van der Waals surface area contributed by atoms with E-state index < -0.39 is 0 Å². The monoisotopic (exact) mass is 278 g/mol. The molecule has 5 heteroatoms. The van der Waals surface area contributed by atoms with E-state index in [1.807, 2.05) is 6.07 Å². The van der Waals surface area contributed by atoms with Gasteiger partial charge in [0.1, 0.15) is 0 Å². The van der Waals surface area contributed by atoms with Gasteiger partial charge in [0.2, 0.25) is 0 Å². The van der Waals surface area contributed by atoms with Crippen molar-refractivity contribution in [2.75, 3.05) is 13.7 Å². The zero-order chi connectivity index (χ0) is 10.4. The summed E-state index contributed by atoms with van der Waals surface area (Å²) in [6.45, 7) is 0.782. The molecule has 1 atom stereocenters. The maximum atomic E-state index is 5.50. The molecule has 1 unspecified atom stereocenters. The molecule has 1 aromatic heterocycles. The summed E-state index contributed by atoms with van der Waals surface area (Å²) in [5.74, 6) is 5.50. The third kappa shape index (κ3) is 3.67. The van der Waals surface area contributed by atoms with Crippen LogP contribution < -0.4 is 11.3 Å². The molecule has 0 amide bonds. The van der Waals surface area contributed by atoms with E-state index in [0.717, 1.165) is 23.2 Å². The van der Waals surface area contributed by atoms with E-state index in [4.69, 9.17) is 10.6 Å². The standard InChI is InChI=1S/C9H15BrN2OS/c1-13-6-2-3-7(12-11)8-4-5-9(10)14-8/h4-5,7,12H,2-3,6,11H2,1H3. The lowest BCUT2D eigenvalue weighted by molar-refractivity contribution is 0.189. The molecule has 14 heavy (non-hydrogen) atoms. The highest BCUT2D eigenvalue weighted by molar-refractivity contribution is 9.11. The topological polar surface area (TPSA) is 47.3 Å². The number of methoxy groups -OCH3 is 1. The van der Waals surface area contributed by atoms with Gasteiger partial charge < -0.3 is 4.74 Å². The summed E-state index contributed by atoms with van der Waals surface area (Å²) in [5.41, 5.74) is 2.82. The van der Waals surface area contributed by atoms with Crippen LogP contribution >= 0.6 is 27.3 Å². The number of nitrogens with two attached hydrogens (primary N) is 1. The van der Waals surface area contributed by atoms with Crippen LogP contribution in [-0.4, -0.2) is 13.7 Å². The Morgan fingerprint density at radius 3 is 2.93 bits per heavy atom. The highest BCUT2D eigenvalue weighted by atomic mass is 79.9. The molecule has 80 valence electrons. The average molecular weight is 279 g/mol. The molecule has 0 radical (unpaired) electrons. The summed E-state index contributed by atoms with van der Waals surface area (Å²) in [6, 6.07) is 4.37. The third-order valence-corrected chi connectivity index (χ3v) is 3.72. The van der Waals surface area contributed by atoms with Gasteiger partial charge in [0.25, 0.3) is 0 Å². The molecule has 0 spiro atoms. The van der Waals surface area contributed by atoms with E-state index in [1.54, 1.807) is 18.4 Å². The fraction of sp³-hybridized carbons (Fsp3) is 0.556. The minimum absolute atomic E-state index is 0.237. The zero-order valence-corrected chi connectivity index (χ0v) is 10.5. The van der Waals surface area contributed by atoms with Crippen LogP contribution in [0.4, 0.5) is 0 Å². The summed E-state index contributed by atoms with van der Waals surface area (Å²) in [7, 11) is 1.71. The summed E-state index contributed by atoms with van der Waals surface area (Å²) in [6.07, 6.45) is 2.01. The summed E-state index contributed by atoms with van der Waals surface area (Å²) in [4.78, 5) is 1.26. The fourth-order valence-corrected chi connectivity index (χ4v) is 2.77. The number of thiophene rings is 1. The largest absolute Gasteiger partial charge is 0.385 e. The maximum absolute atomic E-state index is 5.50. The van der Waals surface area contributed by atoms with Crippen LogP contribution in [0.25, 0.3) is 0 Å². The van der Waals surface area contributed by atoms with Crippen LogP contribution in [0.2, 0.25) is 0 Å². The molecule has 0 saturated carbocycles. The Bertz CT molecular complexity index is 267. The van der Waals surface area contributed by atoms with Crippen LogP contribution in [0, 0.1) is 0 Å².